The largest absolute Gasteiger partial charge is 0.396 e. The van der Waals surface area contributed by atoms with Crippen molar-refractivity contribution < 1.29 is 10.4 Å². The molecule has 16 heavy (non-hydrogen) atoms. The summed E-state index contributed by atoms with van der Waals surface area (Å²) in [5, 5.41) is 11.3. The van der Waals surface area contributed by atoms with Gasteiger partial charge >= 0.3 is 0 Å². The lowest BCUT2D eigenvalue weighted by Crippen LogP contribution is -2.95. The number of aliphatic hydroxyl groups excluding tert-OH is 1. The van der Waals surface area contributed by atoms with Gasteiger partial charge in [-0.2, -0.15) is 0 Å². The lowest BCUT2D eigenvalue weighted by Gasteiger charge is -2.23. The van der Waals surface area contributed by atoms with Crippen LogP contribution >= 0.6 is 0 Å². The number of nitrogens with two attached hydrogens (primary N) is 1. The van der Waals surface area contributed by atoms with E-state index in [1.165, 1.54) is 38.5 Å². The molecule has 2 heteroatoms. The molecule has 1 heterocycles. The Bertz CT molecular complexity index is 191. The molecule has 0 saturated carbocycles. The molecule has 0 bridgehead atoms. The maximum atomic E-state index is 8.83. The van der Waals surface area contributed by atoms with Crippen LogP contribution in [-0.2, 0) is 0 Å². The van der Waals surface area contributed by atoms with Gasteiger partial charge in [0, 0.05) is 25.9 Å². The van der Waals surface area contributed by atoms with Crippen LogP contribution in [0.1, 0.15) is 58.3 Å². The number of rotatable bonds is 8. The van der Waals surface area contributed by atoms with Crippen LogP contribution in [0.25, 0.3) is 0 Å². The Hall–Kier alpha value is -0.340. The third-order valence-electron chi connectivity index (χ3n) is 3.47. The molecule has 0 amide bonds. The topological polar surface area (TPSA) is 36.8 Å². The van der Waals surface area contributed by atoms with Crippen molar-refractivity contribution in [1.82, 2.24) is 0 Å². The van der Waals surface area contributed by atoms with E-state index in [0.717, 1.165) is 12.8 Å². The van der Waals surface area contributed by atoms with E-state index < -0.39 is 0 Å². The van der Waals surface area contributed by atoms with Gasteiger partial charge in [-0.15, -0.1) is 0 Å². The van der Waals surface area contributed by atoms with Gasteiger partial charge in [0.1, 0.15) is 6.04 Å². The van der Waals surface area contributed by atoms with Crippen LogP contribution in [-0.4, -0.2) is 23.8 Å². The quantitative estimate of drug-likeness (QED) is 0.482. The molecule has 0 unspecified atom stereocenters. The lowest BCUT2D eigenvalue weighted by molar-refractivity contribution is -0.715. The molecule has 0 radical (unpaired) electrons. The minimum Gasteiger partial charge on any atom is -0.396 e. The highest BCUT2D eigenvalue weighted by molar-refractivity contribution is 4.93. The minimum absolute atomic E-state index is 0.342. The Kier molecular flexibility index (Phi) is 7.52. The van der Waals surface area contributed by atoms with Crippen LogP contribution in [0.2, 0.25) is 0 Å². The summed E-state index contributed by atoms with van der Waals surface area (Å²) in [6.07, 6.45) is 14.8. The summed E-state index contributed by atoms with van der Waals surface area (Å²) in [4.78, 5) is 0. The van der Waals surface area contributed by atoms with Crippen LogP contribution in [0.5, 0.6) is 0 Å². The number of hydrogen-bond donors (Lipinski definition) is 2. The van der Waals surface area contributed by atoms with E-state index >= 15 is 0 Å². The SMILES string of the molecule is CCCCCC[C@H]1C=CC[C@H](CCCO)[NH2+]1. The molecule has 1 rings (SSSR count). The summed E-state index contributed by atoms with van der Waals surface area (Å²) in [5.41, 5.74) is 0. The highest BCUT2D eigenvalue weighted by Gasteiger charge is 2.19. The van der Waals surface area contributed by atoms with Crippen molar-refractivity contribution in [3.8, 4) is 0 Å². The molecule has 1 aliphatic rings. The highest BCUT2D eigenvalue weighted by Crippen LogP contribution is 2.09. The van der Waals surface area contributed by atoms with Gasteiger partial charge in [0.25, 0.3) is 0 Å². The van der Waals surface area contributed by atoms with Crippen LogP contribution in [0.15, 0.2) is 12.2 Å². The average molecular weight is 226 g/mol. The molecule has 0 aliphatic carbocycles. The van der Waals surface area contributed by atoms with E-state index in [-0.39, 0.29) is 0 Å². The van der Waals surface area contributed by atoms with Crippen molar-refractivity contribution in [1.29, 1.82) is 0 Å². The van der Waals surface area contributed by atoms with E-state index in [2.05, 4.69) is 24.4 Å². The molecule has 2 atom stereocenters. The van der Waals surface area contributed by atoms with Crippen molar-refractivity contribution in [2.45, 2.75) is 70.4 Å². The summed E-state index contributed by atoms with van der Waals surface area (Å²) in [6, 6.07) is 1.42. The molecule has 94 valence electrons. The Morgan fingerprint density at radius 1 is 1.19 bits per heavy atom. The summed E-state index contributed by atoms with van der Waals surface area (Å²) < 4.78 is 0. The van der Waals surface area contributed by atoms with Crippen LogP contribution in [0.3, 0.4) is 0 Å². The predicted octanol–water partition coefficient (Wildman–Crippen LogP) is 1.99. The summed E-state index contributed by atoms with van der Waals surface area (Å²) in [6.45, 7) is 2.60. The van der Waals surface area contributed by atoms with Gasteiger partial charge in [0.15, 0.2) is 0 Å². The first kappa shape index (κ1) is 13.7. The predicted molar refractivity (Wildman–Crippen MR) is 68.3 cm³/mol. The maximum absolute atomic E-state index is 8.83. The number of hydrogen-bond acceptors (Lipinski definition) is 1. The van der Waals surface area contributed by atoms with E-state index in [1.54, 1.807) is 0 Å². The highest BCUT2D eigenvalue weighted by atomic mass is 16.2. The Morgan fingerprint density at radius 2 is 2.06 bits per heavy atom. The van der Waals surface area contributed by atoms with Gasteiger partial charge in [0.05, 0.1) is 6.04 Å². The van der Waals surface area contributed by atoms with Gasteiger partial charge in [-0.25, -0.2) is 0 Å². The number of aliphatic hydroxyl groups is 1. The van der Waals surface area contributed by atoms with Crippen molar-refractivity contribution >= 4 is 0 Å². The average Bonchev–Trinajstić information content (AvgIpc) is 2.33. The zero-order valence-corrected chi connectivity index (χ0v) is 10.7. The van der Waals surface area contributed by atoms with Crippen LogP contribution < -0.4 is 5.32 Å². The van der Waals surface area contributed by atoms with Crippen molar-refractivity contribution in [3.05, 3.63) is 12.2 Å². The number of quaternary nitrogens is 1. The number of unbranched alkanes of at least 4 members (excludes halogenated alkanes) is 3. The first-order chi connectivity index (χ1) is 7.86. The van der Waals surface area contributed by atoms with E-state index in [0.29, 0.717) is 18.7 Å². The second kappa shape index (κ2) is 8.77. The fourth-order valence-electron chi connectivity index (χ4n) is 2.49. The third kappa shape index (κ3) is 5.66. The fourth-order valence-corrected chi connectivity index (χ4v) is 2.49. The molecular weight excluding hydrogens is 198 g/mol. The minimum atomic E-state index is 0.342. The smallest absolute Gasteiger partial charge is 0.105 e. The molecule has 0 spiro atoms. The lowest BCUT2D eigenvalue weighted by atomic mass is 9.98. The van der Waals surface area contributed by atoms with Crippen LogP contribution in [0.4, 0.5) is 0 Å². The molecular formula is C14H28NO+. The molecule has 0 aromatic carbocycles. The van der Waals surface area contributed by atoms with Crippen LogP contribution in [0, 0.1) is 0 Å². The first-order valence-electron chi connectivity index (χ1n) is 6.99. The molecule has 1 aliphatic heterocycles. The second-order valence-electron chi connectivity index (χ2n) is 5.00. The second-order valence-corrected chi connectivity index (χ2v) is 5.00. The van der Waals surface area contributed by atoms with Gasteiger partial charge in [0.2, 0.25) is 0 Å². The molecule has 0 aromatic heterocycles. The molecule has 0 fully saturated rings. The van der Waals surface area contributed by atoms with E-state index in [4.69, 9.17) is 5.11 Å². The van der Waals surface area contributed by atoms with Gasteiger partial charge in [-0.1, -0.05) is 32.3 Å². The molecule has 0 aromatic rings. The van der Waals surface area contributed by atoms with Gasteiger partial charge < -0.3 is 10.4 Å². The van der Waals surface area contributed by atoms with E-state index in [1.807, 2.05) is 0 Å². The summed E-state index contributed by atoms with van der Waals surface area (Å²) >= 11 is 0. The zero-order chi connectivity index (χ0) is 11.6. The standard InChI is InChI=1S/C14H27NO/c1-2-3-4-5-8-13-9-6-10-14(15-13)11-7-12-16/h6,9,13-16H,2-5,7-8,10-12H2,1H3/p+1/t13-,14+/m0/s1. The van der Waals surface area contributed by atoms with Crippen molar-refractivity contribution in [2.24, 2.45) is 0 Å². The molecule has 2 nitrogen and oxygen atoms in total. The fraction of sp³-hybridized carbons (Fsp3) is 0.857. The molecule has 3 N–H and O–H groups in total. The summed E-state index contributed by atoms with van der Waals surface area (Å²) in [5.74, 6) is 0. The Morgan fingerprint density at radius 3 is 2.81 bits per heavy atom. The Labute approximate surface area is 100 Å². The monoisotopic (exact) mass is 226 g/mol. The van der Waals surface area contributed by atoms with Gasteiger partial charge in [-0.05, 0) is 18.9 Å². The van der Waals surface area contributed by atoms with E-state index in [9.17, 15) is 0 Å². The van der Waals surface area contributed by atoms with Crippen molar-refractivity contribution in [3.63, 3.8) is 0 Å². The maximum Gasteiger partial charge on any atom is 0.105 e. The summed E-state index contributed by atoms with van der Waals surface area (Å²) in [7, 11) is 0. The third-order valence-corrected chi connectivity index (χ3v) is 3.47. The normalized spacial score (nSPS) is 24.9. The van der Waals surface area contributed by atoms with Crippen molar-refractivity contribution in [2.75, 3.05) is 6.61 Å². The Balaban J connectivity index is 2.12. The van der Waals surface area contributed by atoms with Gasteiger partial charge in [-0.3, -0.25) is 0 Å². The first-order valence-corrected chi connectivity index (χ1v) is 6.99. The zero-order valence-electron chi connectivity index (χ0n) is 10.7. The molecule has 0 saturated heterocycles.